The van der Waals surface area contributed by atoms with Crippen molar-refractivity contribution in [3.05, 3.63) is 45.1 Å². The summed E-state index contributed by atoms with van der Waals surface area (Å²) in [4.78, 5) is 43.2. The molecule has 0 spiro atoms. The summed E-state index contributed by atoms with van der Waals surface area (Å²) in [6.07, 6.45) is 0.250. The quantitative estimate of drug-likeness (QED) is 0.861. The number of nitrogens with one attached hydrogen (secondary N) is 1. The second-order valence-corrected chi connectivity index (χ2v) is 7.25. The van der Waals surface area contributed by atoms with Crippen molar-refractivity contribution in [3.63, 3.8) is 0 Å². The molecule has 7 nitrogen and oxygen atoms in total. The Kier molecular flexibility index (Phi) is 5.56. The van der Waals surface area contributed by atoms with Gasteiger partial charge in [-0.3, -0.25) is 24.0 Å². The van der Waals surface area contributed by atoms with Crippen LogP contribution in [0.4, 0.5) is 0 Å². The molecule has 1 aliphatic heterocycles. The van der Waals surface area contributed by atoms with Crippen LogP contribution in [-0.2, 0) is 11.3 Å². The van der Waals surface area contributed by atoms with E-state index in [-0.39, 0.29) is 18.9 Å². The highest BCUT2D eigenvalue weighted by molar-refractivity contribution is 5.79. The molecule has 1 fully saturated rings. The number of amides is 1. The van der Waals surface area contributed by atoms with Gasteiger partial charge in [0.25, 0.3) is 5.56 Å². The maximum Gasteiger partial charge on any atom is 0.328 e. The highest BCUT2D eigenvalue weighted by Gasteiger charge is 2.21. The molecule has 1 N–H and O–H groups in total. The van der Waals surface area contributed by atoms with E-state index in [0.29, 0.717) is 16.8 Å². The first-order valence-electron chi connectivity index (χ1n) is 9.17. The number of fused-ring (bicyclic) bond motifs is 1. The van der Waals surface area contributed by atoms with Gasteiger partial charge >= 0.3 is 5.69 Å². The lowest BCUT2D eigenvalue weighted by molar-refractivity contribution is -0.133. The van der Waals surface area contributed by atoms with Gasteiger partial charge in [-0.15, -0.1) is 0 Å². The molecule has 7 heteroatoms. The first-order valence-corrected chi connectivity index (χ1v) is 9.17. The molecule has 0 atom stereocenters. The molecule has 0 aliphatic carbocycles. The largest absolute Gasteiger partial charge is 0.340 e. The molecule has 0 saturated carbocycles. The molecule has 1 aromatic carbocycles. The number of rotatable bonds is 5. The minimum Gasteiger partial charge on any atom is -0.340 e. The number of hydrogen-bond donors (Lipinski definition) is 1. The summed E-state index contributed by atoms with van der Waals surface area (Å²) in [5, 5.41) is 0.460. The average molecular weight is 358 g/mol. The highest BCUT2D eigenvalue weighted by Crippen LogP contribution is 2.10. The van der Waals surface area contributed by atoms with Crippen LogP contribution in [-0.4, -0.2) is 58.0 Å². The summed E-state index contributed by atoms with van der Waals surface area (Å²) in [6, 6.07) is 6.96. The van der Waals surface area contributed by atoms with Gasteiger partial charge in [0.15, 0.2) is 0 Å². The molecule has 1 saturated heterocycles. The standard InChI is InChI=1S/C19H26N4O3/c1-14(2)13-21-9-11-22(12-10-21)17(24)7-8-23-16-6-4-3-5-15(16)18(25)20-19(23)26/h3-6,14H,7-13H2,1-2H3,(H,20,25,26). The Balaban J connectivity index is 1.65. The Labute approximate surface area is 152 Å². The van der Waals surface area contributed by atoms with Crippen LogP contribution in [0.2, 0.25) is 0 Å². The molecule has 1 aliphatic rings. The van der Waals surface area contributed by atoms with Crippen LogP contribution in [0.25, 0.3) is 10.9 Å². The van der Waals surface area contributed by atoms with Crippen LogP contribution in [0.3, 0.4) is 0 Å². The van der Waals surface area contributed by atoms with Crippen LogP contribution in [0.15, 0.2) is 33.9 Å². The van der Waals surface area contributed by atoms with E-state index in [1.807, 2.05) is 4.90 Å². The molecule has 0 radical (unpaired) electrons. The molecule has 0 bridgehead atoms. The van der Waals surface area contributed by atoms with Gasteiger partial charge in [-0.1, -0.05) is 26.0 Å². The summed E-state index contributed by atoms with van der Waals surface area (Å²) in [5.74, 6) is 0.675. The summed E-state index contributed by atoms with van der Waals surface area (Å²) < 4.78 is 1.48. The van der Waals surface area contributed by atoms with E-state index >= 15 is 0 Å². The lowest BCUT2D eigenvalue weighted by Crippen LogP contribution is -2.49. The van der Waals surface area contributed by atoms with Crippen molar-refractivity contribution in [2.45, 2.75) is 26.8 Å². The number of hydrogen-bond acceptors (Lipinski definition) is 4. The van der Waals surface area contributed by atoms with E-state index in [9.17, 15) is 14.4 Å². The van der Waals surface area contributed by atoms with Crippen molar-refractivity contribution in [1.29, 1.82) is 0 Å². The van der Waals surface area contributed by atoms with Crippen LogP contribution < -0.4 is 11.2 Å². The smallest absolute Gasteiger partial charge is 0.328 e. The monoisotopic (exact) mass is 358 g/mol. The number of aryl methyl sites for hydroxylation is 1. The second kappa shape index (κ2) is 7.86. The number of nitrogens with zero attached hydrogens (tertiary/aromatic N) is 3. The Bertz CT molecular complexity index is 892. The second-order valence-electron chi connectivity index (χ2n) is 7.25. The Morgan fingerprint density at radius 3 is 2.50 bits per heavy atom. The van der Waals surface area contributed by atoms with Crippen molar-refractivity contribution < 1.29 is 4.79 Å². The summed E-state index contributed by atoms with van der Waals surface area (Å²) >= 11 is 0. The van der Waals surface area contributed by atoms with Gasteiger partial charge in [0, 0.05) is 45.7 Å². The maximum absolute atomic E-state index is 12.5. The van der Waals surface area contributed by atoms with E-state index in [1.165, 1.54) is 4.57 Å². The number of benzene rings is 1. The minimum absolute atomic E-state index is 0.0522. The Hall–Kier alpha value is -2.41. The molecule has 1 aromatic heterocycles. The number of para-hydroxylation sites is 1. The third-order valence-electron chi connectivity index (χ3n) is 4.80. The molecule has 3 rings (SSSR count). The van der Waals surface area contributed by atoms with Crippen molar-refractivity contribution in [2.75, 3.05) is 32.7 Å². The van der Waals surface area contributed by atoms with Gasteiger partial charge in [0.05, 0.1) is 10.9 Å². The lowest BCUT2D eigenvalue weighted by atomic mass is 10.2. The van der Waals surface area contributed by atoms with Crippen LogP contribution >= 0.6 is 0 Å². The van der Waals surface area contributed by atoms with E-state index in [0.717, 1.165) is 32.7 Å². The van der Waals surface area contributed by atoms with E-state index in [1.54, 1.807) is 24.3 Å². The maximum atomic E-state index is 12.5. The number of piperazine rings is 1. The zero-order chi connectivity index (χ0) is 18.7. The fraction of sp³-hybridized carbons (Fsp3) is 0.526. The minimum atomic E-state index is -0.469. The van der Waals surface area contributed by atoms with Crippen molar-refractivity contribution in [3.8, 4) is 0 Å². The molecule has 1 amide bonds. The highest BCUT2D eigenvalue weighted by atomic mass is 16.2. The number of carbonyl (C=O) groups excluding carboxylic acids is 1. The van der Waals surface area contributed by atoms with Gasteiger partial charge < -0.3 is 4.90 Å². The zero-order valence-corrected chi connectivity index (χ0v) is 15.4. The van der Waals surface area contributed by atoms with E-state index in [2.05, 4.69) is 23.7 Å². The van der Waals surface area contributed by atoms with Gasteiger partial charge in [0.2, 0.25) is 5.91 Å². The number of H-pyrrole nitrogens is 1. The summed E-state index contributed by atoms with van der Waals surface area (Å²) in [5.41, 5.74) is -0.298. The van der Waals surface area contributed by atoms with Gasteiger partial charge in [0.1, 0.15) is 0 Å². The Morgan fingerprint density at radius 2 is 1.81 bits per heavy atom. The fourth-order valence-corrected chi connectivity index (χ4v) is 3.53. The number of carbonyl (C=O) groups is 1. The third-order valence-corrected chi connectivity index (χ3v) is 4.80. The summed E-state index contributed by atoms with van der Waals surface area (Å²) in [6.45, 7) is 8.96. The molecule has 0 unspecified atom stereocenters. The Morgan fingerprint density at radius 1 is 1.12 bits per heavy atom. The lowest BCUT2D eigenvalue weighted by Gasteiger charge is -2.35. The molecule has 26 heavy (non-hydrogen) atoms. The predicted molar refractivity (Wildman–Crippen MR) is 101 cm³/mol. The molecular weight excluding hydrogens is 332 g/mol. The molecule has 140 valence electrons. The van der Waals surface area contributed by atoms with Crippen LogP contribution in [0.1, 0.15) is 20.3 Å². The molecule has 2 aromatic rings. The fourth-order valence-electron chi connectivity index (χ4n) is 3.53. The van der Waals surface area contributed by atoms with E-state index < -0.39 is 11.2 Å². The zero-order valence-electron chi connectivity index (χ0n) is 15.4. The molecular formula is C19H26N4O3. The first kappa shape index (κ1) is 18.4. The molecule has 2 heterocycles. The third kappa shape index (κ3) is 4.04. The predicted octanol–water partition coefficient (Wildman–Crippen LogP) is 0.880. The van der Waals surface area contributed by atoms with Crippen LogP contribution in [0, 0.1) is 5.92 Å². The van der Waals surface area contributed by atoms with Crippen molar-refractivity contribution in [2.24, 2.45) is 5.92 Å². The first-order chi connectivity index (χ1) is 12.5. The topological polar surface area (TPSA) is 78.4 Å². The van der Waals surface area contributed by atoms with Crippen LogP contribution in [0.5, 0.6) is 0 Å². The van der Waals surface area contributed by atoms with Crippen molar-refractivity contribution >= 4 is 16.8 Å². The van der Waals surface area contributed by atoms with Gasteiger partial charge in [-0.25, -0.2) is 4.79 Å². The number of aromatic amines is 1. The SMILES string of the molecule is CC(C)CN1CCN(C(=O)CCn2c(=O)[nH]c(=O)c3ccccc32)CC1. The van der Waals surface area contributed by atoms with Gasteiger partial charge in [-0.05, 0) is 18.1 Å². The van der Waals surface area contributed by atoms with Crippen molar-refractivity contribution in [1.82, 2.24) is 19.4 Å². The average Bonchev–Trinajstić information content (AvgIpc) is 2.61. The summed E-state index contributed by atoms with van der Waals surface area (Å²) in [7, 11) is 0. The number of aromatic nitrogens is 2. The normalized spacial score (nSPS) is 15.7. The van der Waals surface area contributed by atoms with E-state index in [4.69, 9.17) is 0 Å². The van der Waals surface area contributed by atoms with Gasteiger partial charge in [-0.2, -0.15) is 0 Å².